The number of halogens is 1. The summed E-state index contributed by atoms with van der Waals surface area (Å²) >= 11 is 0. The number of sulfonamides is 1. The zero-order valence-corrected chi connectivity index (χ0v) is 19.1. The number of ether oxygens (including phenoxy) is 1. The lowest BCUT2D eigenvalue weighted by atomic mass is 10.1. The molecule has 4 rings (SSSR count). The van der Waals surface area contributed by atoms with Gasteiger partial charge < -0.3 is 14.5 Å². The van der Waals surface area contributed by atoms with Crippen molar-refractivity contribution in [3.63, 3.8) is 0 Å². The molecule has 0 aliphatic carbocycles. The van der Waals surface area contributed by atoms with Crippen LogP contribution in [0.25, 0.3) is 0 Å². The zero-order valence-electron chi connectivity index (χ0n) is 18.3. The minimum absolute atomic E-state index is 0.148. The molecule has 32 heavy (non-hydrogen) atoms. The van der Waals surface area contributed by atoms with E-state index in [0.29, 0.717) is 56.9 Å². The normalized spacial score (nSPS) is 19.9. The van der Waals surface area contributed by atoms with Crippen molar-refractivity contribution in [1.82, 2.24) is 9.21 Å². The van der Waals surface area contributed by atoms with E-state index in [1.807, 2.05) is 0 Å². The van der Waals surface area contributed by atoms with Crippen molar-refractivity contribution in [3.05, 3.63) is 53.8 Å². The van der Waals surface area contributed by atoms with Crippen LogP contribution in [0.1, 0.15) is 18.4 Å². The third-order valence-corrected chi connectivity index (χ3v) is 8.30. The molecule has 2 aromatic carbocycles. The highest BCUT2D eigenvalue weighted by Gasteiger charge is 2.42. The van der Waals surface area contributed by atoms with Crippen LogP contribution in [0.3, 0.4) is 0 Å². The highest BCUT2D eigenvalue weighted by atomic mass is 32.2. The molecule has 9 heteroatoms. The summed E-state index contributed by atoms with van der Waals surface area (Å²) in [5.41, 5.74) is 1.54. The second-order valence-electron chi connectivity index (χ2n) is 8.19. The monoisotopic (exact) mass is 461 g/mol. The van der Waals surface area contributed by atoms with Crippen LogP contribution in [-0.4, -0.2) is 69.4 Å². The molecule has 2 aliphatic heterocycles. The van der Waals surface area contributed by atoms with Gasteiger partial charge in [0.05, 0.1) is 12.0 Å². The molecule has 2 aliphatic rings. The maximum absolute atomic E-state index is 13.4. The second kappa shape index (κ2) is 9.07. The number of methoxy groups -OCH3 is 1. The number of hydrogen-bond donors (Lipinski definition) is 0. The van der Waals surface area contributed by atoms with E-state index in [1.54, 1.807) is 36.1 Å². The predicted octanol–water partition coefficient (Wildman–Crippen LogP) is 2.64. The number of anilines is 1. The lowest BCUT2D eigenvalue weighted by molar-refractivity contribution is -0.134. The van der Waals surface area contributed by atoms with Crippen molar-refractivity contribution in [2.75, 3.05) is 44.7 Å². The van der Waals surface area contributed by atoms with E-state index >= 15 is 0 Å². The van der Waals surface area contributed by atoms with Crippen LogP contribution in [0.15, 0.2) is 47.4 Å². The van der Waals surface area contributed by atoms with Gasteiger partial charge in [0.15, 0.2) is 0 Å². The Balaban J connectivity index is 1.48. The van der Waals surface area contributed by atoms with Gasteiger partial charge in [0.2, 0.25) is 15.9 Å². The molecule has 1 amide bonds. The molecule has 0 spiro atoms. The molecule has 2 aromatic rings. The second-order valence-corrected chi connectivity index (χ2v) is 10.1. The van der Waals surface area contributed by atoms with Crippen molar-refractivity contribution in [2.45, 2.75) is 30.7 Å². The van der Waals surface area contributed by atoms with Gasteiger partial charge >= 0.3 is 0 Å². The van der Waals surface area contributed by atoms with Gasteiger partial charge in [-0.1, -0.05) is 6.07 Å². The molecule has 1 atom stereocenters. The first-order valence-corrected chi connectivity index (χ1v) is 12.2. The number of piperazine rings is 1. The minimum Gasteiger partial charge on any atom is -0.497 e. The van der Waals surface area contributed by atoms with Gasteiger partial charge in [-0.05, 0) is 55.7 Å². The number of rotatable bonds is 5. The molecular formula is C23H28FN3O4S. The first kappa shape index (κ1) is 22.5. The number of carbonyl (C=O) groups excluding carboxylic acids is 1. The summed E-state index contributed by atoms with van der Waals surface area (Å²) in [6.45, 7) is 4.30. The highest BCUT2D eigenvalue weighted by Crippen LogP contribution is 2.31. The Hall–Kier alpha value is -2.65. The molecular weight excluding hydrogens is 433 g/mol. The Morgan fingerprint density at radius 3 is 2.38 bits per heavy atom. The Morgan fingerprint density at radius 1 is 1.03 bits per heavy atom. The Morgan fingerprint density at radius 2 is 1.72 bits per heavy atom. The number of amides is 1. The standard InChI is InChI=1S/C23H28FN3O4S/c1-17-5-10-20(31-2)16-22(17)32(29,30)27-11-3-4-21(27)23(28)26-14-12-25(13-15-26)19-8-6-18(24)7-9-19/h5-10,16,21H,3-4,11-15H2,1-2H3/t21-/m1/s1. The summed E-state index contributed by atoms with van der Waals surface area (Å²) in [5, 5.41) is 0. The minimum atomic E-state index is -3.83. The summed E-state index contributed by atoms with van der Waals surface area (Å²) in [7, 11) is -2.34. The average Bonchev–Trinajstić information content (AvgIpc) is 3.30. The molecule has 0 saturated carbocycles. The zero-order chi connectivity index (χ0) is 22.9. The lowest BCUT2D eigenvalue weighted by Gasteiger charge is -2.38. The third-order valence-electron chi connectivity index (χ3n) is 6.25. The first-order chi connectivity index (χ1) is 15.3. The van der Waals surface area contributed by atoms with Crippen LogP contribution < -0.4 is 9.64 Å². The van der Waals surface area contributed by atoms with E-state index in [1.165, 1.54) is 29.6 Å². The van der Waals surface area contributed by atoms with Crippen LogP contribution >= 0.6 is 0 Å². The highest BCUT2D eigenvalue weighted by molar-refractivity contribution is 7.89. The van der Waals surface area contributed by atoms with Crippen molar-refractivity contribution in [1.29, 1.82) is 0 Å². The van der Waals surface area contributed by atoms with Gasteiger partial charge in [-0.25, -0.2) is 12.8 Å². The summed E-state index contributed by atoms with van der Waals surface area (Å²) in [6, 6.07) is 10.6. The summed E-state index contributed by atoms with van der Waals surface area (Å²) in [6.07, 6.45) is 1.16. The first-order valence-electron chi connectivity index (χ1n) is 10.8. The maximum Gasteiger partial charge on any atom is 0.244 e. The number of hydrogen-bond acceptors (Lipinski definition) is 5. The number of carbonyl (C=O) groups is 1. The summed E-state index contributed by atoms with van der Waals surface area (Å²) < 4.78 is 46.6. The van der Waals surface area contributed by atoms with Crippen LogP contribution in [0.4, 0.5) is 10.1 Å². The molecule has 0 aromatic heterocycles. The van der Waals surface area contributed by atoms with Crippen LogP contribution in [-0.2, 0) is 14.8 Å². The van der Waals surface area contributed by atoms with Crippen molar-refractivity contribution < 1.29 is 22.3 Å². The molecule has 0 bridgehead atoms. The predicted molar refractivity (Wildman–Crippen MR) is 120 cm³/mol. The number of nitrogens with zero attached hydrogens (tertiary/aromatic N) is 3. The van der Waals surface area contributed by atoms with E-state index in [4.69, 9.17) is 4.74 Å². The van der Waals surface area contributed by atoms with E-state index in [2.05, 4.69) is 4.90 Å². The third kappa shape index (κ3) is 4.31. The van der Waals surface area contributed by atoms with Crippen molar-refractivity contribution in [2.24, 2.45) is 0 Å². The van der Waals surface area contributed by atoms with Crippen molar-refractivity contribution >= 4 is 21.6 Å². The average molecular weight is 462 g/mol. The molecule has 7 nitrogen and oxygen atoms in total. The maximum atomic E-state index is 13.4. The lowest BCUT2D eigenvalue weighted by Crippen LogP contribution is -2.54. The Labute approximate surface area is 188 Å². The molecule has 0 radical (unpaired) electrons. The van der Waals surface area contributed by atoms with Crippen molar-refractivity contribution in [3.8, 4) is 5.75 Å². The van der Waals surface area contributed by atoms with Gasteiger partial charge in [-0.15, -0.1) is 0 Å². The van der Waals surface area contributed by atoms with Gasteiger partial charge in [-0.3, -0.25) is 4.79 Å². The number of aryl methyl sites for hydroxylation is 1. The Kier molecular flexibility index (Phi) is 6.39. The molecule has 0 unspecified atom stereocenters. The van der Waals surface area contributed by atoms with Gasteiger partial charge in [0.1, 0.15) is 17.6 Å². The van der Waals surface area contributed by atoms with Crippen LogP contribution in [0, 0.1) is 12.7 Å². The van der Waals surface area contributed by atoms with Crippen LogP contribution in [0.2, 0.25) is 0 Å². The van der Waals surface area contributed by atoms with E-state index < -0.39 is 16.1 Å². The van der Waals surface area contributed by atoms with E-state index in [0.717, 1.165) is 5.69 Å². The number of benzene rings is 2. The van der Waals surface area contributed by atoms with Gasteiger partial charge in [0, 0.05) is 44.5 Å². The molecule has 0 N–H and O–H groups in total. The van der Waals surface area contributed by atoms with E-state index in [9.17, 15) is 17.6 Å². The Bertz CT molecular complexity index is 1080. The SMILES string of the molecule is COc1ccc(C)c(S(=O)(=O)N2CCC[C@@H]2C(=O)N2CCN(c3ccc(F)cc3)CC2)c1. The fourth-order valence-corrected chi connectivity index (χ4v) is 6.33. The smallest absolute Gasteiger partial charge is 0.244 e. The molecule has 2 heterocycles. The topological polar surface area (TPSA) is 70.2 Å². The summed E-state index contributed by atoms with van der Waals surface area (Å²) in [4.78, 5) is 17.3. The summed E-state index contributed by atoms with van der Waals surface area (Å²) in [5.74, 6) is 0.0370. The molecule has 2 fully saturated rings. The molecule has 2 saturated heterocycles. The van der Waals surface area contributed by atoms with E-state index in [-0.39, 0.29) is 16.6 Å². The molecule has 172 valence electrons. The van der Waals surface area contributed by atoms with Gasteiger partial charge in [0.25, 0.3) is 0 Å². The van der Waals surface area contributed by atoms with Gasteiger partial charge in [-0.2, -0.15) is 4.31 Å². The van der Waals surface area contributed by atoms with Crippen LogP contribution in [0.5, 0.6) is 5.75 Å². The quantitative estimate of drug-likeness (QED) is 0.685. The fraction of sp³-hybridized carbons (Fsp3) is 0.435. The largest absolute Gasteiger partial charge is 0.497 e. The fourth-order valence-electron chi connectivity index (χ4n) is 4.43.